The minimum absolute atomic E-state index is 0.437. The first-order valence-corrected chi connectivity index (χ1v) is 7.47. The van der Waals surface area contributed by atoms with E-state index in [1.165, 1.54) is 18.4 Å². The molecule has 2 N–H and O–H groups in total. The van der Waals surface area contributed by atoms with Crippen LogP contribution in [-0.2, 0) is 11.3 Å². The highest BCUT2D eigenvalue weighted by Crippen LogP contribution is 2.51. The second kappa shape index (κ2) is 5.96. The molecule has 0 spiro atoms. The van der Waals surface area contributed by atoms with Crippen molar-refractivity contribution in [3.63, 3.8) is 0 Å². The van der Waals surface area contributed by atoms with Crippen LogP contribution in [0.3, 0.4) is 0 Å². The number of aliphatic carboxylic acids is 1. The Balaban J connectivity index is 1.84. The molecule has 1 fully saturated rings. The van der Waals surface area contributed by atoms with Gasteiger partial charge in [0.05, 0.1) is 5.92 Å². The zero-order valence-corrected chi connectivity index (χ0v) is 12.6. The fourth-order valence-corrected chi connectivity index (χ4v) is 2.64. The summed E-state index contributed by atoms with van der Waals surface area (Å²) >= 11 is 0. The number of carbonyl (C=O) groups is 1. The monoisotopic (exact) mass is 275 g/mol. The molecule has 0 aliphatic heterocycles. The third-order valence-corrected chi connectivity index (χ3v) is 4.77. The van der Waals surface area contributed by atoms with Crippen LogP contribution in [0.5, 0.6) is 0 Å². The molecule has 110 valence electrons. The van der Waals surface area contributed by atoms with Crippen LogP contribution in [0.4, 0.5) is 0 Å². The van der Waals surface area contributed by atoms with E-state index in [0.717, 1.165) is 24.6 Å². The van der Waals surface area contributed by atoms with Gasteiger partial charge in [-0.1, -0.05) is 38.1 Å². The molecule has 2 rings (SSSR count). The molecule has 1 aromatic rings. The van der Waals surface area contributed by atoms with E-state index in [4.69, 9.17) is 5.11 Å². The molecule has 0 aromatic heterocycles. The normalized spacial score (nSPS) is 18.0. The number of hydrogen-bond donors (Lipinski definition) is 2. The molecule has 1 aliphatic rings. The average molecular weight is 275 g/mol. The van der Waals surface area contributed by atoms with Gasteiger partial charge in [0.25, 0.3) is 0 Å². The average Bonchev–Trinajstić information content (AvgIpc) is 3.20. The predicted octanol–water partition coefficient (Wildman–Crippen LogP) is 3.40. The highest BCUT2D eigenvalue weighted by molar-refractivity contribution is 5.75. The van der Waals surface area contributed by atoms with Gasteiger partial charge in [-0.15, -0.1) is 0 Å². The highest BCUT2D eigenvalue weighted by Gasteiger charge is 2.44. The van der Waals surface area contributed by atoms with E-state index in [1.807, 2.05) is 24.3 Å². The minimum Gasteiger partial charge on any atom is -0.481 e. The van der Waals surface area contributed by atoms with Crippen molar-refractivity contribution in [2.24, 2.45) is 11.3 Å². The fraction of sp³-hybridized carbons (Fsp3) is 0.588. The van der Waals surface area contributed by atoms with Crippen molar-refractivity contribution < 1.29 is 9.90 Å². The Morgan fingerprint density at radius 2 is 1.85 bits per heavy atom. The smallest absolute Gasteiger partial charge is 0.310 e. The topological polar surface area (TPSA) is 49.3 Å². The number of nitrogens with one attached hydrogen (secondary N) is 1. The largest absolute Gasteiger partial charge is 0.481 e. The Morgan fingerprint density at radius 1 is 1.25 bits per heavy atom. The van der Waals surface area contributed by atoms with Gasteiger partial charge in [-0.25, -0.2) is 0 Å². The second-order valence-corrected chi connectivity index (χ2v) is 6.42. The molecular formula is C17H25NO2. The maximum Gasteiger partial charge on any atom is 0.310 e. The minimum atomic E-state index is -0.775. The first kappa shape index (κ1) is 15.0. The Morgan fingerprint density at radius 3 is 2.30 bits per heavy atom. The van der Waals surface area contributed by atoms with E-state index < -0.39 is 11.9 Å². The standard InChI is InChI=1S/C17H25NO2/c1-12(2)17(8-9-17)11-18-10-14-4-6-15(7-5-14)13(3)16(19)20/h4-7,12-13,18H,8-11H2,1-3H3,(H,19,20). The van der Waals surface area contributed by atoms with Gasteiger partial charge < -0.3 is 10.4 Å². The number of carboxylic acid groups (broad SMARTS) is 1. The molecule has 0 radical (unpaired) electrons. The van der Waals surface area contributed by atoms with Crippen molar-refractivity contribution in [1.82, 2.24) is 5.32 Å². The highest BCUT2D eigenvalue weighted by atomic mass is 16.4. The summed E-state index contributed by atoms with van der Waals surface area (Å²) in [5.41, 5.74) is 2.60. The Kier molecular flexibility index (Phi) is 4.48. The molecular weight excluding hydrogens is 250 g/mol. The maximum absolute atomic E-state index is 10.9. The molecule has 1 saturated carbocycles. The summed E-state index contributed by atoms with van der Waals surface area (Å²) in [6.07, 6.45) is 2.68. The Bertz CT molecular complexity index is 460. The number of benzene rings is 1. The molecule has 0 heterocycles. The predicted molar refractivity (Wildman–Crippen MR) is 80.7 cm³/mol. The van der Waals surface area contributed by atoms with Gasteiger partial charge in [0, 0.05) is 13.1 Å². The SMILES string of the molecule is CC(C(=O)O)c1ccc(CNCC2(C(C)C)CC2)cc1. The lowest BCUT2D eigenvalue weighted by Crippen LogP contribution is -2.27. The van der Waals surface area contributed by atoms with Crippen LogP contribution in [-0.4, -0.2) is 17.6 Å². The molecule has 1 atom stereocenters. The van der Waals surface area contributed by atoms with Crippen LogP contribution < -0.4 is 5.32 Å². The van der Waals surface area contributed by atoms with E-state index in [9.17, 15) is 4.79 Å². The summed E-state index contributed by atoms with van der Waals surface area (Å²) < 4.78 is 0. The number of carboxylic acids is 1. The molecule has 20 heavy (non-hydrogen) atoms. The fourth-order valence-electron chi connectivity index (χ4n) is 2.64. The van der Waals surface area contributed by atoms with Crippen molar-refractivity contribution in [2.75, 3.05) is 6.54 Å². The van der Waals surface area contributed by atoms with Gasteiger partial charge in [-0.3, -0.25) is 4.79 Å². The van der Waals surface area contributed by atoms with E-state index >= 15 is 0 Å². The summed E-state index contributed by atoms with van der Waals surface area (Å²) in [4.78, 5) is 10.9. The third-order valence-electron chi connectivity index (χ3n) is 4.77. The molecule has 0 bridgehead atoms. The number of rotatable bonds is 7. The molecule has 3 nitrogen and oxygen atoms in total. The molecule has 0 amide bonds. The number of hydrogen-bond acceptors (Lipinski definition) is 2. The summed E-state index contributed by atoms with van der Waals surface area (Å²) in [5, 5.41) is 12.5. The first-order chi connectivity index (χ1) is 9.44. The van der Waals surface area contributed by atoms with E-state index in [-0.39, 0.29) is 0 Å². The quantitative estimate of drug-likeness (QED) is 0.802. The second-order valence-electron chi connectivity index (χ2n) is 6.42. The molecule has 1 aliphatic carbocycles. The van der Waals surface area contributed by atoms with E-state index in [2.05, 4.69) is 19.2 Å². The summed E-state index contributed by atoms with van der Waals surface area (Å²) in [5.74, 6) is -0.468. The molecule has 3 heteroatoms. The summed E-state index contributed by atoms with van der Waals surface area (Å²) in [6, 6.07) is 7.89. The van der Waals surface area contributed by atoms with Crippen molar-refractivity contribution >= 4 is 5.97 Å². The van der Waals surface area contributed by atoms with Crippen LogP contribution >= 0.6 is 0 Å². The maximum atomic E-state index is 10.9. The van der Waals surface area contributed by atoms with Crippen molar-refractivity contribution in [3.05, 3.63) is 35.4 Å². The third kappa shape index (κ3) is 3.40. The van der Waals surface area contributed by atoms with Gasteiger partial charge >= 0.3 is 5.97 Å². The Labute approximate surface area is 121 Å². The van der Waals surface area contributed by atoms with Crippen LogP contribution in [0.1, 0.15) is 50.7 Å². The summed E-state index contributed by atoms with van der Waals surface area (Å²) in [6.45, 7) is 8.26. The van der Waals surface area contributed by atoms with Gasteiger partial charge in [-0.05, 0) is 42.2 Å². The summed E-state index contributed by atoms with van der Waals surface area (Å²) in [7, 11) is 0. The van der Waals surface area contributed by atoms with Gasteiger partial charge in [-0.2, -0.15) is 0 Å². The lowest BCUT2D eigenvalue weighted by Gasteiger charge is -2.20. The lowest BCUT2D eigenvalue weighted by atomic mass is 9.92. The van der Waals surface area contributed by atoms with Crippen molar-refractivity contribution in [2.45, 2.75) is 46.1 Å². The zero-order chi connectivity index (χ0) is 14.8. The van der Waals surface area contributed by atoms with E-state index in [1.54, 1.807) is 6.92 Å². The van der Waals surface area contributed by atoms with Gasteiger partial charge in [0.1, 0.15) is 0 Å². The molecule has 1 unspecified atom stereocenters. The van der Waals surface area contributed by atoms with Crippen molar-refractivity contribution in [3.8, 4) is 0 Å². The zero-order valence-electron chi connectivity index (χ0n) is 12.6. The van der Waals surface area contributed by atoms with Crippen LogP contribution in [0.15, 0.2) is 24.3 Å². The lowest BCUT2D eigenvalue weighted by molar-refractivity contribution is -0.138. The van der Waals surface area contributed by atoms with Gasteiger partial charge in [0.2, 0.25) is 0 Å². The van der Waals surface area contributed by atoms with Gasteiger partial charge in [0.15, 0.2) is 0 Å². The van der Waals surface area contributed by atoms with Crippen molar-refractivity contribution in [1.29, 1.82) is 0 Å². The van der Waals surface area contributed by atoms with E-state index in [0.29, 0.717) is 5.41 Å². The molecule has 1 aromatic carbocycles. The first-order valence-electron chi connectivity index (χ1n) is 7.47. The van der Waals surface area contributed by atoms with Crippen LogP contribution in [0.2, 0.25) is 0 Å². The molecule has 0 saturated heterocycles. The van der Waals surface area contributed by atoms with Crippen LogP contribution in [0.25, 0.3) is 0 Å². The Hall–Kier alpha value is -1.35. The van der Waals surface area contributed by atoms with Crippen LogP contribution in [0, 0.1) is 11.3 Å².